The molecule has 0 spiro atoms. The van der Waals surface area contributed by atoms with Gasteiger partial charge in [0, 0.05) is 25.2 Å². The molecule has 0 atom stereocenters. The van der Waals surface area contributed by atoms with Crippen LogP contribution in [0.3, 0.4) is 0 Å². The van der Waals surface area contributed by atoms with Gasteiger partial charge in [0.2, 0.25) is 0 Å². The minimum atomic E-state index is -0.409. The van der Waals surface area contributed by atoms with Crippen molar-refractivity contribution >= 4 is 11.5 Å². The summed E-state index contributed by atoms with van der Waals surface area (Å²) < 4.78 is 1.74. The van der Waals surface area contributed by atoms with E-state index in [0.29, 0.717) is 6.54 Å². The molecule has 2 aromatic rings. The van der Waals surface area contributed by atoms with E-state index in [4.69, 9.17) is 0 Å². The maximum atomic E-state index is 10.5. The lowest BCUT2D eigenvalue weighted by molar-refractivity contribution is -0.384. The van der Waals surface area contributed by atoms with Gasteiger partial charge in [0.1, 0.15) is 5.82 Å². The summed E-state index contributed by atoms with van der Waals surface area (Å²) in [5.41, 5.74) is 1.06. The first-order chi connectivity index (χ1) is 8.70. The van der Waals surface area contributed by atoms with Crippen LogP contribution >= 0.6 is 0 Å². The van der Waals surface area contributed by atoms with Crippen molar-refractivity contribution in [3.05, 3.63) is 46.1 Å². The molecule has 0 unspecified atom stereocenters. The summed E-state index contributed by atoms with van der Waals surface area (Å²) in [5.74, 6) is 0.829. The fraction of sp³-hybridized carbons (Fsp3) is 0.273. The molecule has 0 saturated carbocycles. The van der Waals surface area contributed by atoms with E-state index in [0.717, 1.165) is 17.9 Å². The number of nitrogens with zero attached hydrogens (tertiary/aromatic N) is 4. The van der Waals surface area contributed by atoms with Crippen LogP contribution in [0.2, 0.25) is 0 Å². The minimum absolute atomic E-state index is 0.0963. The van der Waals surface area contributed by atoms with Crippen LogP contribution in [0.4, 0.5) is 11.5 Å². The lowest BCUT2D eigenvalue weighted by Gasteiger charge is -2.06. The van der Waals surface area contributed by atoms with Gasteiger partial charge in [-0.15, -0.1) is 5.10 Å². The van der Waals surface area contributed by atoms with Crippen molar-refractivity contribution in [1.82, 2.24) is 15.0 Å². The number of anilines is 1. The molecule has 0 fully saturated rings. The van der Waals surface area contributed by atoms with Gasteiger partial charge in [-0.3, -0.25) is 10.1 Å². The Bertz CT molecular complexity index is 535. The van der Waals surface area contributed by atoms with Crippen molar-refractivity contribution in [1.29, 1.82) is 0 Å². The number of non-ortho nitro benzene ring substituents is 1. The zero-order valence-electron chi connectivity index (χ0n) is 9.91. The first-order valence-corrected chi connectivity index (χ1v) is 5.56. The van der Waals surface area contributed by atoms with E-state index in [-0.39, 0.29) is 5.69 Å². The van der Waals surface area contributed by atoms with Crippen molar-refractivity contribution in [3.8, 4) is 0 Å². The molecule has 7 nitrogen and oxygen atoms in total. The Morgan fingerprint density at radius 1 is 1.39 bits per heavy atom. The monoisotopic (exact) mass is 247 g/mol. The molecule has 0 aliphatic heterocycles. The van der Waals surface area contributed by atoms with Crippen LogP contribution in [-0.4, -0.2) is 19.9 Å². The van der Waals surface area contributed by atoms with Crippen LogP contribution < -0.4 is 5.32 Å². The fourth-order valence-electron chi connectivity index (χ4n) is 1.56. The maximum Gasteiger partial charge on any atom is 0.269 e. The molecule has 1 heterocycles. The zero-order valence-corrected chi connectivity index (χ0v) is 9.91. The van der Waals surface area contributed by atoms with Gasteiger partial charge < -0.3 is 5.32 Å². The number of hydrogen-bond acceptors (Lipinski definition) is 5. The van der Waals surface area contributed by atoms with Crippen LogP contribution in [0.1, 0.15) is 12.5 Å². The highest BCUT2D eigenvalue weighted by Crippen LogP contribution is 2.13. The molecule has 0 aliphatic carbocycles. The molecule has 0 amide bonds. The van der Waals surface area contributed by atoms with Gasteiger partial charge in [-0.05, 0) is 12.5 Å². The summed E-state index contributed by atoms with van der Waals surface area (Å²) in [6.07, 6.45) is 1.65. The number of nitro groups is 1. The number of rotatable bonds is 5. The molecule has 18 heavy (non-hydrogen) atoms. The summed E-state index contributed by atoms with van der Waals surface area (Å²) in [5, 5.41) is 21.4. The van der Waals surface area contributed by atoms with E-state index >= 15 is 0 Å². The number of aryl methyl sites for hydroxylation is 1. The highest BCUT2D eigenvalue weighted by molar-refractivity contribution is 5.36. The Morgan fingerprint density at radius 3 is 2.72 bits per heavy atom. The lowest BCUT2D eigenvalue weighted by Crippen LogP contribution is -2.06. The van der Waals surface area contributed by atoms with E-state index in [9.17, 15) is 10.1 Å². The largest absolute Gasteiger partial charge is 0.365 e. The number of hydrogen-bond donors (Lipinski definition) is 1. The van der Waals surface area contributed by atoms with E-state index in [1.54, 1.807) is 23.0 Å². The molecule has 1 aromatic carbocycles. The van der Waals surface area contributed by atoms with Gasteiger partial charge in [-0.1, -0.05) is 17.3 Å². The van der Waals surface area contributed by atoms with E-state index in [2.05, 4.69) is 15.6 Å². The Kier molecular flexibility index (Phi) is 3.52. The number of benzene rings is 1. The Labute approximate surface area is 104 Å². The average Bonchev–Trinajstić information content (AvgIpc) is 2.84. The Morgan fingerprint density at radius 2 is 2.11 bits per heavy atom. The zero-order chi connectivity index (χ0) is 13.0. The third-order valence-electron chi connectivity index (χ3n) is 2.54. The van der Waals surface area contributed by atoms with Crippen LogP contribution in [0, 0.1) is 10.1 Å². The first-order valence-electron chi connectivity index (χ1n) is 5.56. The SMILES string of the molecule is CCn1nncc1NCc1ccc([N+](=O)[O-])cc1. The number of nitrogens with one attached hydrogen (secondary N) is 1. The van der Waals surface area contributed by atoms with Crippen LogP contribution in [0.5, 0.6) is 0 Å². The molecule has 0 saturated heterocycles. The number of aromatic nitrogens is 3. The second-order valence-corrected chi connectivity index (χ2v) is 3.71. The second-order valence-electron chi connectivity index (χ2n) is 3.71. The Balaban J connectivity index is 2.00. The van der Waals surface area contributed by atoms with Gasteiger partial charge in [0.25, 0.3) is 5.69 Å². The van der Waals surface area contributed by atoms with Crippen molar-refractivity contribution in [2.75, 3.05) is 5.32 Å². The van der Waals surface area contributed by atoms with Crippen molar-refractivity contribution in [3.63, 3.8) is 0 Å². The van der Waals surface area contributed by atoms with Gasteiger partial charge in [0.15, 0.2) is 0 Å². The first kappa shape index (κ1) is 12.0. The number of nitro benzene ring substituents is 1. The molecular formula is C11H13N5O2. The molecule has 0 radical (unpaired) electrons. The summed E-state index contributed by atoms with van der Waals surface area (Å²) in [6.45, 7) is 3.29. The molecule has 0 bridgehead atoms. The summed E-state index contributed by atoms with van der Waals surface area (Å²) in [4.78, 5) is 10.1. The smallest absolute Gasteiger partial charge is 0.269 e. The average molecular weight is 247 g/mol. The van der Waals surface area contributed by atoms with Crippen molar-refractivity contribution in [2.24, 2.45) is 0 Å². The molecule has 2 rings (SSSR count). The van der Waals surface area contributed by atoms with Gasteiger partial charge in [-0.25, -0.2) is 4.68 Å². The highest BCUT2D eigenvalue weighted by atomic mass is 16.6. The fourth-order valence-corrected chi connectivity index (χ4v) is 1.56. The van der Waals surface area contributed by atoms with E-state index < -0.39 is 4.92 Å². The van der Waals surface area contributed by atoms with Crippen molar-refractivity contribution in [2.45, 2.75) is 20.0 Å². The second kappa shape index (κ2) is 5.26. The molecule has 1 aromatic heterocycles. The molecule has 94 valence electrons. The van der Waals surface area contributed by atoms with Crippen LogP contribution in [-0.2, 0) is 13.1 Å². The van der Waals surface area contributed by atoms with Gasteiger partial charge >= 0.3 is 0 Å². The van der Waals surface area contributed by atoms with Gasteiger partial charge in [0.05, 0.1) is 11.1 Å². The molecule has 0 aliphatic rings. The summed E-state index contributed by atoms with van der Waals surface area (Å²) in [6, 6.07) is 6.44. The van der Waals surface area contributed by atoms with Crippen LogP contribution in [0.15, 0.2) is 30.5 Å². The van der Waals surface area contributed by atoms with Crippen LogP contribution in [0.25, 0.3) is 0 Å². The maximum absolute atomic E-state index is 10.5. The highest BCUT2D eigenvalue weighted by Gasteiger charge is 2.05. The predicted octanol–water partition coefficient (Wildman–Crippen LogP) is 1.82. The van der Waals surface area contributed by atoms with Gasteiger partial charge in [-0.2, -0.15) is 0 Å². The van der Waals surface area contributed by atoms with E-state index in [1.165, 1.54) is 12.1 Å². The normalized spacial score (nSPS) is 10.3. The molecular weight excluding hydrogens is 234 g/mol. The van der Waals surface area contributed by atoms with E-state index in [1.807, 2.05) is 6.92 Å². The lowest BCUT2D eigenvalue weighted by atomic mass is 10.2. The Hall–Kier alpha value is -2.44. The third kappa shape index (κ3) is 2.62. The molecule has 7 heteroatoms. The summed E-state index contributed by atoms with van der Waals surface area (Å²) >= 11 is 0. The minimum Gasteiger partial charge on any atom is -0.365 e. The summed E-state index contributed by atoms with van der Waals surface area (Å²) in [7, 11) is 0. The standard InChI is InChI=1S/C11H13N5O2/c1-2-15-11(8-13-14-15)12-7-9-3-5-10(6-4-9)16(17)18/h3-6,8,12H,2,7H2,1H3. The topological polar surface area (TPSA) is 85.9 Å². The predicted molar refractivity (Wildman–Crippen MR) is 66.1 cm³/mol. The molecule has 1 N–H and O–H groups in total. The quantitative estimate of drug-likeness (QED) is 0.643. The van der Waals surface area contributed by atoms with Crippen molar-refractivity contribution < 1.29 is 4.92 Å². The third-order valence-corrected chi connectivity index (χ3v) is 2.54.